The lowest BCUT2D eigenvalue weighted by molar-refractivity contribution is -0.115. The van der Waals surface area contributed by atoms with Crippen LogP contribution in [0.3, 0.4) is 0 Å². The highest BCUT2D eigenvalue weighted by molar-refractivity contribution is 6.29. The zero-order valence-corrected chi connectivity index (χ0v) is 9.08. The molecule has 1 atom stereocenters. The van der Waals surface area contributed by atoms with Crippen molar-refractivity contribution in [3.63, 3.8) is 0 Å². The summed E-state index contributed by atoms with van der Waals surface area (Å²) in [5, 5.41) is 3.69. The van der Waals surface area contributed by atoms with Crippen LogP contribution in [-0.4, -0.2) is 16.8 Å². The summed E-state index contributed by atoms with van der Waals surface area (Å²) in [5.41, 5.74) is 1.71. The maximum atomic E-state index is 11.4. The normalized spacial score (nSPS) is 20.8. The van der Waals surface area contributed by atoms with E-state index in [2.05, 4.69) is 10.3 Å². The van der Waals surface area contributed by atoms with Crippen LogP contribution in [-0.2, 0) is 4.79 Å². The number of aromatic nitrogens is 1. The summed E-state index contributed by atoms with van der Waals surface area (Å²) in [5.74, 6) is 0.145. The van der Waals surface area contributed by atoms with Crippen molar-refractivity contribution < 1.29 is 4.79 Å². The van der Waals surface area contributed by atoms with E-state index in [9.17, 15) is 4.79 Å². The number of hydrogen-bond donors (Lipinski definition) is 1. The highest BCUT2D eigenvalue weighted by atomic mass is 35.5. The molecule has 4 heteroatoms. The summed E-state index contributed by atoms with van der Waals surface area (Å²) >= 11 is 5.69. The number of carbonyl (C=O) groups is 1. The number of ketones is 1. The maximum Gasteiger partial charge on any atom is 0.159 e. The second-order valence-electron chi connectivity index (χ2n) is 3.64. The number of carbonyl (C=O) groups excluding carboxylic acids is 1. The van der Waals surface area contributed by atoms with Crippen molar-refractivity contribution in [3.8, 4) is 0 Å². The van der Waals surface area contributed by atoms with Gasteiger partial charge in [-0.25, -0.2) is 4.98 Å². The van der Waals surface area contributed by atoms with Crippen LogP contribution in [0.1, 0.15) is 18.9 Å². The minimum atomic E-state index is 0.145. The molecule has 0 radical (unpaired) electrons. The lowest BCUT2D eigenvalue weighted by Gasteiger charge is -2.21. The number of rotatable bonds is 1. The fourth-order valence-electron chi connectivity index (χ4n) is 1.58. The topological polar surface area (TPSA) is 42.0 Å². The number of nitrogens with zero attached hydrogens (tertiary/aromatic N) is 1. The van der Waals surface area contributed by atoms with Gasteiger partial charge in [0, 0.05) is 36.0 Å². The lowest BCUT2D eigenvalue weighted by Crippen LogP contribution is -2.31. The van der Waals surface area contributed by atoms with Crippen molar-refractivity contribution in [2.45, 2.75) is 19.4 Å². The predicted molar refractivity (Wildman–Crippen MR) is 59.4 cm³/mol. The van der Waals surface area contributed by atoms with Gasteiger partial charge in [-0.1, -0.05) is 11.6 Å². The number of allylic oxidation sites excluding steroid dienone is 1. The van der Waals surface area contributed by atoms with Crippen LogP contribution in [0.2, 0.25) is 5.15 Å². The average Bonchev–Trinajstić information content (AvgIpc) is 2.17. The molecule has 2 heterocycles. The van der Waals surface area contributed by atoms with Crippen molar-refractivity contribution in [2.75, 3.05) is 0 Å². The Morgan fingerprint density at radius 1 is 1.53 bits per heavy atom. The first-order valence-corrected chi connectivity index (χ1v) is 5.16. The zero-order valence-electron chi connectivity index (χ0n) is 8.33. The average molecular weight is 223 g/mol. The van der Waals surface area contributed by atoms with Gasteiger partial charge in [0.15, 0.2) is 5.78 Å². The van der Waals surface area contributed by atoms with Crippen molar-refractivity contribution in [3.05, 3.63) is 35.1 Å². The second-order valence-corrected chi connectivity index (χ2v) is 4.03. The minimum absolute atomic E-state index is 0.145. The molecule has 1 aromatic rings. The van der Waals surface area contributed by atoms with Gasteiger partial charge >= 0.3 is 0 Å². The first-order chi connectivity index (χ1) is 7.15. The first-order valence-electron chi connectivity index (χ1n) is 4.78. The van der Waals surface area contributed by atoms with Gasteiger partial charge in [0.25, 0.3) is 0 Å². The molecule has 15 heavy (non-hydrogen) atoms. The van der Waals surface area contributed by atoms with Gasteiger partial charge < -0.3 is 5.32 Å². The molecule has 78 valence electrons. The maximum absolute atomic E-state index is 11.4. The Labute approximate surface area is 93.2 Å². The fraction of sp³-hybridized carbons (Fsp3) is 0.273. The van der Waals surface area contributed by atoms with E-state index in [-0.39, 0.29) is 11.8 Å². The van der Waals surface area contributed by atoms with E-state index < -0.39 is 0 Å². The summed E-state index contributed by atoms with van der Waals surface area (Å²) in [6.07, 6.45) is 3.82. The summed E-state index contributed by atoms with van der Waals surface area (Å²) in [6.45, 7) is 1.98. The van der Waals surface area contributed by atoms with Gasteiger partial charge in [0.05, 0.1) is 0 Å². The van der Waals surface area contributed by atoms with Crippen LogP contribution in [0.15, 0.2) is 24.4 Å². The summed E-state index contributed by atoms with van der Waals surface area (Å²) in [7, 11) is 0. The highest BCUT2D eigenvalue weighted by Gasteiger charge is 2.16. The standard InChI is InChI=1S/C11H11ClN2O/c1-7-4-9(15)5-10(14-7)8-2-3-11(12)13-6-8/h2-3,5-7,14H,4H2,1H3. The number of hydrogen-bond acceptors (Lipinski definition) is 3. The molecule has 3 nitrogen and oxygen atoms in total. The molecule has 0 aliphatic carbocycles. The van der Waals surface area contributed by atoms with E-state index in [1.54, 1.807) is 18.3 Å². The molecule has 1 N–H and O–H groups in total. The van der Waals surface area contributed by atoms with Crippen molar-refractivity contribution in [1.29, 1.82) is 0 Å². The molecule has 1 unspecified atom stereocenters. The molecule has 0 spiro atoms. The molecular weight excluding hydrogens is 212 g/mol. The quantitative estimate of drug-likeness (QED) is 0.740. The van der Waals surface area contributed by atoms with Crippen LogP contribution in [0.25, 0.3) is 5.70 Å². The van der Waals surface area contributed by atoms with E-state index in [1.807, 2.05) is 13.0 Å². The molecule has 0 bridgehead atoms. The molecule has 2 rings (SSSR count). The highest BCUT2D eigenvalue weighted by Crippen LogP contribution is 2.17. The van der Waals surface area contributed by atoms with Gasteiger partial charge in [-0.15, -0.1) is 0 Å². The van der Waals surface area contributed by atoms with Crippen LogP contribution >= 0.6 is 11.6 Å². The monoisotopic (exact) mass is 222 g/mol. The Morgan fingerprint density at radius 3 is 2.93 bits per heavy atom. The van der Waals surface area contributed by atoms with E-state index in [4.69, 9.17) is 11.6 Å². The molecule has 0 saturated carbocycles. The Hall–Kier alpha value is -1.35. The largest absolute Gasteiger partial charge is 0.382 e. The first kappa shape index (κ1) is 10.2. The van der Waals surface area contributed by atoms with Crippen LogP contribution in [0.5, 0.6) is 0 Å². The van der Waals surface area contributed by atoms with Crippen molar-refractivity contribution in [1.82, 2.24) is 10.3 Å². The Balaban J connectivity index is 2.30. The summed E-state index contributed by atoms with van der Waals surface area (Å²) < 4.78 is 0. The van der Waals surface area contributed by atoms with Crippen LogP contribution in [0, 0.1) is 0 Å². The minimum Gasteiger partial charge on any atom is -0.382 e. The molecule has 1 aliphatic heterocycles. The Morgan fingerprint density at radius 2 is 2.33 bits per heavy atom. The lowest BCUT2D eigenvalue weighted by atomic mass is 10.0. The van der Waals surface area contributed by atoms with Gasteiger partial charge in [-0.3, -0.25) is 4.79 Å². The van der Waals surface area contributed by atoms with Gasteiger partial charge in [0.1, 0.15) is 5.15 Å². The number of halogens is 1. The van der Waals surface area contributed by atoms with Crippen LogP contribution in [0.4, 0.5) is 0 Å². The molecule has 0 saturated heterocycles. The molecule has 0 amide bonds. The molecule has 1 aromatic heterocycles. The molecule has 0 fully saturated rings. The third-order valence-corrected chi connectivity index (χ3v) is 2.48. The van der Waals surface area contributed by atoms with Crippen molar-refractivity contribution in [2.24, 2.45) is 0 Å². The fourth-order valence-corrected chi connectivity index (χ4v) is 1.69. The van der Waals surface area contributed by atoms with Gasteiger partial charge in [0.2, 0.25) is 0 Å². The molecule has 1 aliphatic rings. The van der Waals surface area contributed by atoms with Gasteiger partial charge in [-0.2, -0.15) is 0 Å². The predicted octanol–water partition coefficient (Wildman–Crippen LogP) is 2.03. The van der Waals surface area contributed by atoms with Gasteiger partial charge in [-0.05, 0) is 19.1 Å². The Bertz CT molecular complexity index is 411. The third kappa shape index (κ3) is 2.36. The van der Waals surface area contributed by atoms with Crippen molar-refractivity contribution >= 4 is 23.1 Å². The molecule has 0 aromatic carbocycles. The third-order valence-electron chi connectivity index (χ3n) is 2.25. The zero-order chi connectivity index (χ0) is 10.8. The molecular formula is C11H11ClN2O. The van der Waals surface area contributed by atoms with E-state index in [0.717, 1.165) is 11.3 Å². The summed E-state index contributed by atoms with van der Waals surface area (Å²) in [6, 6.07) is 3.73. The summed E-state index contributed by atoms with van der Waals surface area (Å²) in [4.78, 5) is 15.3. The second kappa shape index (κ2) is 4.03. The number of pyridine rings is 1. The Kier molecular flexibility index (Phi) is 2.73. The number of nitrogens with one attached hydrogen (secondary N) is 1. The SMILES string of the molecule is CC1CC(=O)C=C(c2ccc(Cl)nc2)N1. The van der Waals surface area contributed by atoms with E-state index in [1.165, 1.54) is 0 Å². The smallest absolute Gasteiger partial charge is 0.159 e. The van der Waals surface area contributed by atoms with Crippen LogP contribution < -0.4 is 5.32 Å². The van der Waals surface area contributed by atoms with E-state index >= 15 is 0 Å². The van der Waals surface area contributed by atoms with E-state index in [0.29, 0.717) is 11.6 Å².